The van der Waals surface area contributed by atoms with E-state index >= 15 is 0 Å². The van der Waals surface area contributed by atoms with E-state index in [-0.39, 0.29) is 11.3 Å². The molecule has 0 fully saturated rings. The van der Waals surface area contributed by atoms with E-state index in [2.05, 4.69) is 152 Å². The molecule has 5 heterocycles. The van der Waals surface area contributed by atoms with Crippen LogP contribution >= 0.6 is 0 Å². The smallest absolute Gasteiger partial charge is 0.0737 e. The van der Waals surface area contributed by atoms with Crippen molar-refractivity contribution < 1.29 is 0 Å². The molecule has 2 aromatic carbocycles. The molecule has 1 unspecified atom stereocenters. The molecular formula is C42H44N4. The fourth-order valence-electron chi connectivity index (χ4n) is 7.18. The average Bonchev–Trinajstić information content (AvgIpc) is 3.88. The van der Waals surface area contributed by atoms with Crippen LogP contribution in [0.25, 0.3) is 16.7 Å². The number of benzene rings is 2. The third-order valence-corrected chi connectivity index (χ3v) is 9.33. The van der Waals surface area contributed by atoms with Gasteiger partial charge in [0.15, 0.2) is 0 Å². The number of aromatic amines is 3. The number of hydrogen-bond acceptors (Lipinski definition) is 1. The van der Waals surface area contributed by atoms with Crippen molar-refractivity contribution in [2.75, 3.05) is 0 Å². The number of nitrogens with zero attached hydrogens (tertiary/aromatic N) is 1. The summed E-state index contributed by atoms with van der Waals surface area (Å²) < 4.78 is 0. The van der Waals surface area contributed by atoms with Gasteiger partial charge in [0.25, 0.3) is 0 Å². The van der Waals surface area contributed by atoms with Crippen LogP contribution in [-0.4, -0.2) is 20.7 Å². The lowest BCUT2D eigenvalue weighted by Gasteiger charge is -2.29. The van der Waals surface area contributed by atoms with Crippen LogP contribution in [0.5, 0.6) is 0 Å². The lowest BCUT2D eigenvalue weighted by atomic mass is 9.77. The van der Waals surface area contributed by atoms with Crippen molar-refractivity contribution in [3.63, 3.8) is 0 Å². The highest BCUT2D eigenvalue weighted by Crippen LogP contribution is 2.41. The van der Waals surface area contributed by atoms with Gasteiger partial charge < -0.3 is 15.0 Å². The topological polar surface area (TPSA) is 59.7 Å². The number of aromatic nitrogens is 3. The lowest BCUT2D eigenvalue weighted by molar-refractivity contribution is 0.349. The highest BCUT2D eigenvalue weighted by atomic mass is 14.8. The van der Waals surface area contributed by atoms with Crippen LogP contribution in [0.1, 0.15) is 99.6 Å². The monoisotopic (exact) mass is 604 g/mol. The van der Waals surface area contributed by atoms with Gasteiger partial charge in [-0.15, -0.1) is 0 Å². The summed E-state index contributed by atoms with van der Waals surface area (Å²) in [6, 6.07) is 34.9. The van der Waals surface area contributed by atoms with Gasteiger partial charge in [-0.1, -0.05) is 108 Å². The van der Waals surface area contributed by atoms with Gasteiger partial charge >= 0.3 is 0 Å². The Hall–Kier alpha value is -4.83. The van der Waals surface area contributed by atoms with Gasteiger partial charge in [-0.25, -0.2) is 4.99 Å². The Labute approximate surface area is 272 Å². The molecule has 46 heavy (non-hydrogen) atoms. The SMILES string of the molecule is CCCCCC/C1=c2\cc/c([nH]2)=C(\c2ccccc2)c2ccc([nH]2)C(C(C)(C)C)c2ccc([nH]2)/C(c2ccccc2)=C2/C=CC1=N2. The quantitative estimate of drug-likeness (QED) is 0.155. The van der Waals surface area contributed by atoms with Gasteiger partial charge in [0.2, 0.25) is 0 Å². The van der Waals surface area contributed by atoms with E-state index in [1.165, 1.54) is 47.4 Å². The largest absolute Gasteiger partial charge is 0.358 e. The molecule has 0 saturated heterocycles. The zero-order valence-electron chi connectivity index (χ0n) is 27.5. The molecule has 7 rings (SSSR count). The van der Waals surface area contributed by atoms with E-state index in [0.29, 0.717) is 0 Å². The summed E-state index contributed by atoms with van der Waals surface area (Å²) in [5.74, 6) is 0.127. The number of unbranched alkanes of at least 4 members (excludes halogenated alkanes) is 3. The van der Waals surface area contributed by atoms with Gasteiger partial charge in [-0.05, 0) is 77.9 Å². The van der Waals surface area contributed by atoms with Gasteiger partial charge in [-0.3, -0.25) is 0 Å². The average molecular weight is 605 g/mol. The van der Waals surface area contributed by atoms with E-state index in [1.807, 2.05) is 0 Å². The number of allylic oxidation sites excluding steroid dienone is 2. The lowest BCUT2D eigenvalue weighted by Crippen LogP contribution is -2.21. The Morgan fingerprint density at radius 1 is 0.609 bits per heavy atom. The van der Waals surface area contributed by atoms with Crippen LogP contribution in [0.15, 0.2) is 120 Å². The molecule has 0 saturated carbocycles. The van der Waals surface area contributed by atoms with E-state index < -0.39 is 0 Å². The first-order valence-electron chi connectivity index (χ1n) is 16.8. The maximum absolute atomic E-state index is 5.37. The molecule has 5 aromatic rings. The highest BCUT2D eigenvalue weighted by molar-refractivity contribution is 6.26. The molecule has 1 atom stereocenters. The van der Waals surface area contributed by atoms with Gasteiger partial charge in [-0.2, -0.15) is 0 Å². The number of rotatable bonds is 7. The molecule has 0 radical (unpaired) electrons. The van der Waals surface area contributed by atoms with E-state index in [4.69, 9.17) is 4.99 Å². The van der Waals surface area contributed by atoms with Crippen molar-refractivity contribution in [3.05, 3.63) is 160 Å². The van der Waals surface area contributed by atoms with E-state index in [1.54, 1.807) is 0 Å². The normalized spacial score (nSPS) is 20.3. The minimum absolute atomic E-state index is 0.0392. The minimum Gasteiger partial charge on any atom is -0.358 e. The zero-order chi connectivity index (χ0) is 31.7. The number of H-pyrrole nitrogens is 3. The number of fused-ring (bicyclic) bond motifs is 7. The second kappa shape index (κ2) is 12.5. The summed E-state index contributed by atoms with van der Waals surface area (Å²) in [7, 11) is 0. The number of hydrogen-bond donors (Lipinski definition) is 3. The first kappa shape index (κ1) is 29.9. The molecule has 0 aliphatic carbocycles. The van der Waals surface area contributed by atoms with Gasteiger partial charge in [0.05, 0.1) is 11.4 Å². The summed E-state index contributed by atoms with van der Waals surface area (Å²) in [5.41, 5.74) is 12.5. The van der Waals surface area contributed by atoms with Crippen molar-refractivity contribution >= 4 is 22.4 Å². The minimum atomic E-state index is -0.0392. The van der Waals surface area contributed by atoms with Crippen LogP contribution in [0.2, 0.25) is 0 Å². The standard InChI is InChI=1S/C42H44N4/c1-5-6-7-14-19-30-31-20-22-33(43-31)39(28-15-10-8-11-16-28)35-24-26-37(45-35)41(42(2,3)4)38-27-25-36(46-38)40(29-17-12-9-13-18-29)34-23-21-32(30)44-34/h8-13,15-18,20-27,41,43,45-46H,5-7,14,19H2,1-4H3/b31-30-,39-33-,40-34-. The van der Waals surface area contributed by atoms with Crippen LogP contribution in [0.3, 0.4) is 0 Å². The van der Waals surface area contributed by atoms with Crippen LogP contribution in [0.4, 0.5) is 0 Å². The first-order chi connectivity index (χ1) is 22.4. The van der Waals surface area contributed by atoms with Crippen molar-refractivity contribution in [3.8, 4) is 0 Å². The summed E-state index contributed by atoms with van der Waals surface area (Å²) in [5, 5.41) is 2.24. The molecule has 4 nitrogen and oxygen atoms in total. The number of nitrogens with one attached hydrogen (secondary N) is 3. The Morgan fingerprint density at radius 3 is 1.85 bits per heavy atom. The predicted octanol–water partition coefficient (Wildman–Crippen LogP) is 9.00. The summed E-state index contributed by atoms with van der Waals surface area (Å²) in [4.78, 5) is 17.0. The highest BCUT2D eigenvalue weighted by Gasteiger charge is 2.31. The fraction of sp³-hybridized carbons (Fsp3) is 0.262. The Bertz CT molecular complexity index is 2050. The molecule has 0 amide bonds. The molecular weight excluding hydrogens is 560 g/mol. The molecule has 3 N–H and O–H groups in total. The van der Waals surface area contributed by atoms with E-state index in [0.717, 1.165) is 57.5 Å². The third-order valence-electron chi connectivity index (χ3n) is 9.33. The summed E-state index contributed by atoms with van der Waals surface area (Å²) in [6.45, 7) is 9.23. The molecule has 4 heteroatoms. The van der Waals surface area contributed by atoms with Crippen LogP contribution in [-0.2, 0) is 0 Å². The fourth-order valence-corrected chi connectivity index (χ4v) is 7.18. The molecule has 232 valence electrons. The number of aliphatic imine (C=N–C) groups is 1. The third kappa shape index (κ3) is 5.80. The predicted molar refractivity (Wildman–Crippen MR) is 192 cm³/mol. The first-order valence-corrected chi connectivity index (χ1v) is 16.8. The van der Waals surface area contributed by atoms with Crippen molar-refractivity contribution in [1.29, 1.82) is 0 Å². The van der Waals surface area contributed by atoms with E-state index in [9.17, 15) is 0 Å². The molecule has 3 aromatic heterocycles. The Kier molecular flexibility index (Phi) is 8.12. The summed E-state index contributed by atoms with van der Waals surface area (Å²) in [6.07, 6.45) is 10.2. The molecule has 8 bridgehead atoms. The van der Waals surface area contributed by atoms with Crippen molar-refractivity contribution in [2.24, 2.45) is 10.4 Å². The van der Waals surface area contributed by atoms with Gasteiger partial charge in [0.1, 0.15) is 0 Å². The molecule has 0 spiro atoms. The maximum Gasteiger partial charge on any atom is 0.0737 e. The Balaban J connectivity index is 1.54. The van der Waals surface area contributed by atoms with Crippen molar-refractivity contribution in [1.82, 2.24) is 15.0 Å². The second-order valence-electron chi connectivity index (χ2n) is 13.7. The second-order valence-corrected chi connectivity index (χ2v) is 13.7. The van der Waals surface area contributed by atoms with Crippen molar-refractivity contribution in [2.45, 2.75) is 65.7 Å². The summed E-state index contributed by atoms with van der Waals surface area (Å²) >= 11 is 0. The Morgan fingerprint density at radius 2 is 1.22 bits per heavy atom. The zero-order valence-corrected chi connectivity index (χ0v) is 27.5. The molecule has 2 aliphatic heterocycles. The van der Waals surface area contributed by atoms with Crippen LogP contribution < -0.4 is 10.7 Å². The maximum atomic E-state index is 5.37. The van der Waals surface area contributed by atoms with Crippen LogP contribution in [0, 0.1) is 5.41 Å². The van der Waals surface area contributed by atoms with Gasteiger partial charge in [0, 0.05) is 56.1 Å². The molecule has 2 aliphatic rings.